The zero-order valence-corrected chi connectivity index (χ0v) is 16.3. The molecule has 0 aromatic rings. The average Bonchev–Trinajstić information content (AvgIpc) is 2.56. The van der Waals surface area contributed by atoms with Crippen LogP contribution in [0.2, 0.25) is 0 Å². The summed E-state index contributed by atoms with van der Waals surface area (Å²) >= 11 is 0. The molecule has 0 atom stereocenters. The van der Waals surface area contributed by atoms with E-state index in [-0.39, 0.29) is 6.42 Å². The van der Waals surface area contributed by atoms with Gasteiger partial charge in [0.15, 0.2) is 0 Å². The van der Waals surface area contributed by atoms with Crippen molar-refractivity contribution in [1.82, 2.24) is 5.32 Å². The molecule has 0 aliphatic heterocycles. The van der Waals surface area contributed by atoms with Crippen LogP contribution in [0.25, 0.3) is 0 Å². The lowest BCUT2D eigenvalue weighted by Gasteiger charge is -2.04. The minimum absolute atomic E-state index is 0.235. The summed E-state index contributed by atoms with van der Waals surface area (Å²) in [6, 6.07) is 0. The number of aliphatic carboxylic acids is 1. The maximum atomic E-state index is 10.3. The lowest BCUT2D eigenvalue weighted by molar-refractivity contribution is -0.136. The monoisotopic (exact) mass is 341 g/mol. The summed E-state index contributed by atoms with van der Waals surface area (Å²) in [7, 11) is 0. The second-order valence-electron chi connectivity index (χ2n) is 7.20. The van der Waals surface area contributed by atoms with Gasteiger partial charge in [0.1, 0.15) is 0 Å². The quantitative estimate of drug-likeness (QED) is 0.255. The van der Waals surface area contributed by atoms with Crippen LogP contribution < -0.4 is 5.32 Å². The van der Waals surface area contributed by atoms with Crippen molar-refractivity contribution in [3.8, 4) is 0 Å². The number of nitrogens with one attached hydrogen (secondary N) is 1. The van der Waals surface area contributed by atoms with Crippen molar-refractivity contribution in [2.75, 3.05) is 13.1 Å². The van der Waals surface area contributed by atoms with Crippen molar-refractivity contribution in [2.45, 2.75) is 116 Å². The van der Waals surface area contributed by atoms with Gasteiger partial charge >= 0.3 is 5.97 Å². The fourth-order valence-electron chi connectivity index (χ4n) is 3.12. The van der Waals surface area contributed by atoms with Gasteiger partial charge in [-0.3, -0.25) is 4.79 Å². The van der Waals surface area contributed by atoms with Crippen LogP contribution in [0.1, 0.15) is 116 Å². The summed E-state index contributed by atoms with van der Waals surface area (Å²) in [5, 5.41) is 11.7. The van der Waals surface area contributed by atoms with E-state index in [0.717, 1.165) is 6.54 Å². The van der Waals surface area contributed by atoms with Crippen LogP contribution in [0.3, 0.4) is 0 Å². The largest absolute Gasteiger partial charge is 0.481 e. The Kier molecular flexibility index (Phi) is 20.0. The van der Waals surface area contributed by atoms with E-state index < -0.39 is 5.97 Å². The Morgan fingerprint density at radius 3 is 1.38 bits per heavy atom. The van der Waals surface area contributed by atoms with Crippen LogP contribution in [0, 0.1) is 0 Å². The van der Waals surface area contributed by atoms with Gasteiger partial charge in [-0.25, -0.2) is 0 Å². The van der Waals surface area contributed by atoms with Gasteiger partial charge < -0.3 is 10.4 Å². The smallest absolute Gasteiger partial charge is 0.304 e. The maximum Gasteiger partial charge on any atom is 0.304 e. The molecule has 0 bridgehead atoms. The van der Waals surface area contributed by atoms with E-state index in [2.05, 4.69) is 12.2 Å². The summed E-state index contributed by atoms with van der Waals surface area (Å²) < 4.78 is 0. The Morgan fingerprint density at radius 2 is 1.00 bits per heavy atom. The molecule has 0 radical (unpaired) electrons. The summed E-state index contributed by atoms with van der Waals surface area (Å²) in [5.74, 6) is -0.713. The van der Waals surface area contributed by atoms with Crippen molar-refractivity contribution in [1.29, 1.82) is 0 Å². The van der Waals surface area contributed by atoms with Crippen LogP contribution in [-0.2, 0) is 4.79 Å². The highest BCUT2D eigenvalue weighted by atomic mass is 16.4. The van der Waals surface area contributed by atoms with Gasteiger partial charge in [-0.05, 0) is 13.0 Å². The molecule has 3 nitrogen and oxygen atoms in total. The highest BCUT2D eigenvalue weighted by Crippen LogP contribution is 2.13. The molecule has 0 fully saturated rings. The van der Waals surface area contributed by atoms with Gasteiger partial charge in [-0.2, -0.15) is 0 Å². The van der Waals surface area contributed by atoms with E-state index in [1.807, 2.05) is 0 Å². The third kappa shape index (κ3) is 21.4. The molecule has 0 amide bonds. The highest BCUT2D eigenvalue weighted by molar-refractivity contribution is 5.66. The average molecular weight is 342 g/mol. The number of hydrogen-bond donors (Lipinski definition) is 2. The predicted octanol–water partition coefficient (Wildman–Crippen LogP) is 6.31. The second-order valence-corrected chi connectivity index (χ2v) is 7.20. The van der Waals surface area contributed by atoms with E-state index in [9.17, 15) is 4.79 Å². The normalized spacial score (nSPS) is 11.0. The molecular formula is C21H43NO2. The van der Waals surface area contributed by atoms with Crippen LogP contribution in [0.4, 0.5) is 0 Å². The van der Waals surface area contributed by atoms with Crippen LogP contribution in [-0.4, -0.2) is 24.2 Å². The van der Waals surface area contributed by atoms with E-state index in [4.69, 9.17) is 5.11 Å². The molecule has 0 aromatic carbocycles. The molecule has 0 spiro atoms. The number of carboxylic acids is 1. The van der Waals surface area contributed by atoms with Gasteiger partial charge in [-0.15, -0.1) is 0 Å². The Balaban J connectivity index is 2.97. The fraction of sp³-hybridized carbons (Fsp3) is 0.952. The molecule has 2 N–H and O–H groups in total. The Morgan fingerprint density at radius 1 is 0.625 bits per heavy atom. The zero-order valence-electron chi connectivity index (χ0n) is 16.3. The minimum atomic E-state index is -0.713. The molecule has 144 valence electrons. The third-order valence-electron chi connectivity index (χ3n) is 4.72. The van der Waals surface area contributed by atoms with Gasteiger partial charge in [0.05, 0.1) is 6.42 Å². The topological polar surface area (TPSA) is 49.3 Å². The molecule has 0 saturated carbocycles. The van der Waals surface area contributed by atoms with Crippen LogP contribution >= 0.6 is 0 Å². The molecule has 24 heavy (non-hydrogen) atoms. The lowest BCUT2D eigenvalue weighted by Crippen LogP contribution is -2.19. The molecule has 0 aromatic heterocycles. The zero-order chi connectivity index (χ0) is 17.7. The van der Waals surface area contributed by atoms with Gasteiger partial charge in [0, 0.05) is 6.54 Å². The number of carboxylic acid groups (broad SMARTS) is 1. The summed E-state index contributed by atoms with van der Waals surface area (Å²) in [6.07, 6.45) is 22.5. The molecule has 0 aliphatic carbocycles. The summed E-state index contributed by atoms with van der Waals surface area (Å²) in [6.45, 7) is 3.85. The van der Waals surface area contributed by atoms with Gasteiger partial charge in [-0.1, -0.05) is 103 Å². The van der Waals surface area contributed by atoms with Gasteiger partial charge in [0.2, 0.25) is 0 Å². The Bertz CT molecular complexity index is 256. The van der Waals surface area contributed by atoms with Crippen molar-refractivity contribution >= 4 is 5.97 Å². The molecule has 0 unspecified atom stereocenters. The van der Waals surface area contributed by atoms with Gasteiger partial charge in [0.25, 0.3) is 0 Å². The van der Waals surface area contributed by atoms with Crippen molar-refractivity contribution in [3.63, 3.8) is 0 Å². The predicted molar refractivity (Wildman–Crippen MR) is 105 cm³/mol. The van der Waals surface area contributed by atoms with Crippen LogP contribution in [0.15, 0.2) is 0 Å². The number of rotatable bonds is 20. The van der Waals surface area contributed by atoms with E-state index in [1.165, 1.54) is 103 Å². The second kappa shape index (κ2) is 20.5. The van der Waals surface area contributed by atoms with Crippen molar-refractivity contribution < 1.29 is 9.90 Å². The van der Waals surface area contributed by atoms with E-state index in [0.29, 0.717) is 6.54 Å². The minimum Gasteiger partial charge on any atom is -0.481 e. The molecule has 0 aliphatic rings. The Labute approximate surface area is 151 Å². The molecule has 0 rings (SSSR count). The van der Waals surface area contributed by atoms with E-state index >= 15 is 0 Å². The number of hydrogen-bond acceptors (Lipinski definition) is 2. The summed E-state index contributed by atoms with van der Waals surface area (Å²) in [5.41, 5.74) is 0. The first kappa shape index (κ1) is 23.4. The first-order valence-electron chi connectivity index (χ1n) is 10.7. The van der Waals surface area contributed by atoms with Crippen LogP contribution in [0.5, 0.6) is 0 Å². The van der Waals surface area contributed by atoms with Crippen molar-refractivity contribution in [2.24, 2.45) is 0 Å². The standard InChI is InChI=1S/C21H43NO2/c1-2-3-4-5-6-7-8-9-10-11-12-13-14-15-16-17-19-22-20-18-21(23)24/h22H,2-20H2,1H3,(H,23,24). The number of carbonyl (C=O) groups is 1. The fourth-order valence-corrected chi connectivity index (χ4v) is 3.12. The molecule has 3 heteroatoms. The number of unbranched alkanes of at least 4 members (excludes halogenated alkanes) is 15. The maximum absolute atomic E-state index is 10.3. The van der Waals surface area contributed by atoms with Crippen molar-refractivity contribution in [3.05, 3.63) is 0 Å². The van der Waals surface area contributed by atoms with E-state index in [1.54, 1.807) is 0 Å². The SMILES string of the molecule is CCCCCCCCCCCCCCCCCCNCCC(=O)O. The lowest BCUT2D eigenvalue weighted by atomic mass is 10.0. The summed E-state index contributed by atoms with van der Waals surface area (Å²) in [4.78, 5) is 10.3. The first-order valence-corrected chi connectivity index (χ1v) is 10.7. The molecular weight excluding hydrogens is 298 g/mol. The molecule has 0 saturated heterocycles. The first-order chi connectivity index (χ1) is 11.8. The highest BCUT2D eigenvalue weighted by Gasteiger charge is 1.96. The Hall–Kier alpha value is -0.570. The molecule has 0 heterocycles. The third-order valence-corrected chi connectivity index (χ3v) is 4.72.